The second-order valence-corrected chi connectivity index (χ2v) is 7.33. The first-order valence-electron chi connectivity index (χ1n) is 7.72. The zero-order valence-electron chi connectivity index (χ0n) is 14.2. The molecule has 0 amide bonds. The van der Waals surface area contributed by atoms with E-state index in [-0.39, 0.29) is 32.4 Å². The number of sulfonamides is 1. The van der Waals surface area contributed by atoms with E-state index < -0.39 is 21.9 Å². The Morgan fingerprint density at radius 1 is 1.07 bits per heavy atom. The Morgan fingerprint density at radius 3 is 2.14 bits per heavy atom. The highest BCUT2D eigenvalue weighted by Crippen LogP contribution is 2.33. The van der Waals surface area contributed by atoms with Gasteiger partial charge in [-0.2, -0.15) is 18.3 Å². The molecule has 0 radical (unpaired) electrons. The van der Waals surface area contributed by atoms with Gasteiger partial charge in [-0.3, -0.25) is 0 Å². The lowest BCUT2D eigenvalue weighted by Gasteiger charge is -2.09. The van der Waals surface area contributed by atoms with E-state index >= 15 is 0 Å². The number of aromatic nitrogens is 2. The summed E-state index contributed by atoms with van der Waals surface area (Å²) in [5, 5.41) is 32.3. The van der Waals surface area contributed by atoms with Crippen LogP contribution in [-0.2, 0) is 16.2 Å². The number of nitrogens with zero attached hydrogens (tertiary/aromatic N) is 4. The highest BCUT2D eigenvalue weighted by Gasteiger charge is 2.35. The van der Waals surface area contributed by atoms with E-state index in [1.54, 1.807) is 0 Å². The Morgan fingerprint density at radius 2 is 1.66 bits per heavy atom. The summed E-state index contributed by atoms with van der Waals surface area (Å²) < 4.78 is 63.2. The molecule has 9 nitrogen and oxygen atoms in total. The minimum Gasteiger partial charge on any atom is -0.739 e. The molecule has 0 saturated heterocycles. The van der Waals surface area contributed by atoms with Gasteiger partial charge in [0.2, 0.25) is 15.7 Å². The third-order valence-corrected chi connectivity index (χ3v) is 4.80. The Kier molecular flexibility index (Phi) is 5.02. The molecule has 0 spiro atoms. The predicted molar refractivity (Wildman–Crippen MR) is 94.5 cm³/mol. The number of nitrogens with two attached hydrogens (primary N) is 1. The first kappa shape index (κ1) is 20.3. The maximum absolute atomic E-state index is 13.2. The first-order chi connectivity index (χ1) is 13.5. The van der Waals surface area contributed by atoms with Gasteiger partial charge in [-0.25, -0.2) is 18.2 Å². The molecule has 0 aliphatic rings. The minimum atomic E-state index is -4.73. The molecule has 1 aromatic heterocycles. The molecule has 0 aliphatic heterocycles. The van der Waals surface area contributed by atoms with Crippen molar-refractivity contribution < 1.29 is 26.4 Å². The van der Waals surface area contributed by atoms with Crippen LogP contribution in [0.1, 0.15) is 5.69 Å². The van der Waals surface area contributed by atoms with E-state index in [0.29, 0.717) is 0 Å². The lowest BCUT2D eigenvalue weighted by molar-refractivity contribution is -0.436. The van der Waals surface area contributed by atoms with Gasteiger partial charge in [-0.1, -0.05) is 4.86 Å². The molecular formula is C16H11F3N5O4S-. The summed E-state index contributed by atoms with van der Waals surface area (Å²) >= 11 is 0. The molecule has 0 aliphatic carbocycles. The van der Waals surface area contributed by atoms with E-state index in [9.17, 15) is 32.0 Å². The van der Waals surface area contributed by atoms with Crippen molar-refractivity contribution in [3.8, 4) is 16.9 Å². The summed E-state index contributed by atoms with van der Waals surface area (Å²) in [5.41, 5.74) is -0.863. The van der Waals surface area contributed by atoms with Crippen LogP contribution < -0.4 is 5.14 Å². The third-order valence-electron chi connectivity index (χ3n) is 3.87. The van der Waals surface area contributed by atoms with Gasteiger partial charge >= 0.3 is 6.18 Å². The maximum Gasteiger partial charge on any atom is 0.435 e. The zero-order valence-corrected chi connectivity index (χ0v) is 15.1. The highest BCUT2D eigenvalue weighted by atomic mass is 32.2. The van der Waals surface area contributed by atoms with Crippen molar-refractivity contribution in [2.75, 3.05) is 0 Å². The largest absolute Gasteiger partial charge is 0.739 e. The van der Waals surface area contributed by atoms with E-state index in [1.165, 1.54) is 36.4 Å². The van der Waals surface area contributed by atoms with Crippen LogP contribution in [0.2, 0.25) is 0 Å². The van der Waals surface area contributed by atoms with Gasteiger partial charge in [0.1, 0.15) is 0 Å². The number of alkyl halides is 3. The number of halogens is 3. The monoisotopic (exact) mass is 426 g/mol. The minimum absolute atomic E-state index is 0.0174. The van der Waals surface area contributed by atoms with Crippen LogP contribution >= 0.6 is 0 Å². The molecule has 13 heteroatoms. The summed E-state index contributed by atoms with van der Waals surface area (Å²) in [6.07, 6.45) is -4.73. The van der Waals surface area contributed by atoms with Crippen LogP contribution in [0.5, 0.6) is 0 Å². The molecule has 1 heterocycles. The molecule has 0 bridgehead atoms. The second-order valence-electron chi connectivity index (χ2n) is 5.76. The molecule has 0 saturated carbocycles. The molecule has 2 aromatic carbocycles. The molecule has 3 rings (SSSR count). The van der Waals surface area contributed by atoms with Crippen molar-refractivity contribution in [2.24, 2.45) is 10.4 Å². The summed E-state index contributed by atoms with van der Waals surface area (Å²) in [4.78, 5) is -0.402. The predicted octanol–water partition coefficient (Wildman–Crippen LogP) is 3.30. The van der Waals surface area contributed by atoms with Gasteiger partial charge < -0.3 is 10.4 Å². The highest BCUT2D eigenvalue weighted by molar-refractivity contribution is 7.89. The van der Waals surface area contributed by atoms with E-state index in [0.717, 1.165) is 22.9 Å². The van der Waals surface area contributed by atoms with Gasteiger partial charge in [0.15, 0.2) is 5.69 Å². The van der Waals surface area contributed by atoms with Crippen LogP contribution in [0.25, 0.3) is 16.9 Å². The van der Waals surface area contributed by atoms with Crippen molar-refractivity contribution in [2.45, 2.75) is 11.1 Å². The Hall–Kier alpha value is -3.45. The van der Waals surface area contributed by atoms with Crippen LogP contribution in [0.3, 0.4) is 0 Å². The number of hydrogen-bond acceptors (Lipinski definition) is 6. The molecule has 0 fully saturated rings. The number of benzene rings is 2. The summed E-state index contributed by atoms with van der Waals surface area (Å²) in [7, 11) is -3.98. The molecule has 3 aromatic rings. The second kappa shape index (κ2) is 7.18. The van der Waals surface area contributed by atoms with E-state index in [1.807, 2.05) is 0 Å². The Labute approximate surface area is 161 Å². The van der Waals surface area contributed by atoms with Crippen molar-refractivity contribution in [1.82, 2.24) is 9.78 Å². The van der Waals surface area contributed by atoms with Crippen molar-refractivity contribution in [1.29, 1.82) is 0 Å². The molecule has 0 unspecified atom stereocenters. The summed E-state index contributed by atoms with van der Waals surface area (Å²) in [5.74, 6) is 0. The van der Waals surface area contributed by atoms with E-state index in [2.05, 4.69) is 10.4 Å². The van der Waals surface area contributed by atoms with Gasteiger partial charge in [0, 0.05) is 17.7 Å². The fourth-order valence-corrected chi connectivity index (χ4v) is 3.02. The van der Waals surface area contributed by atoms with Gasteiger partial charge in [0.05, 0.1) is 16.3 Å². The smallest absolute Gasteiger partial charge is 0.435 e. The molecule has 0 atom stereocenters. The molecular weight excluding hydrogens is 415 g/mol. The topological polar surface area (TPSA) is 139 Å². The normalized spacial score (nSPS) is 12.9. The van der Waals surface area contributed by atoms with Crippen molar-refractivity contribution >= 4 is 15.7 Å². The van der Waals surface area contributed by atoms with Crippen molar-refractivity contribution in [3.63, 3.8) is 0 Å². The average molecular weight is 426 g/mol. The molecule has 152 valence electrons. The fourth-order valence-electron chi connectivity index (χ4n) is 2.51. The molecule has 2 N–H and O–H groups in total. The zero-order chi connectivity index (χ0) is 21.4. The fraction of sp³-hybridized carbons (Fsp3) is 0.0625. The standard InChI is InChI=1S/C16H12F3N5O4S/c17-16(18,19)15-9-14(10-1-3-12(4-2-10)24(26)22-25)23(21-15)11-5-7-13(8-6-11)29(20,27)28/h1-9,25H,(H2,20,27,28)/p-1/b24-22+. The summed E-state index contributed by atoms with van der Waals surface area (Å²) in [6.45, 7) is 0. The number of primary sulfonamides is 1. The third kappa shape index (κ3) is 4.20. The average Bonchev–Trinajstić information content (AvgIpc) is 3.13. The Bertz CT molecular complexity index is 1170. The maximum atomic E-state index is 13.2. The number of rotatable bonds is 4. The van der Waals surface area contributed by atoms with Crippen LogP contribution in [0.4, 0.5) is 18.9 Å². The quantitative estimate of drug-likeness (QED) is 0.387. The number of hydrogen-bond donors (Lipinski definition) is 1. The van der Waals surface area contributed by atoms with Gasteiger partial charge in [0.25, 0.3) is 0 Å². The van der Waals surface area contributed by atoms with Gasteiger partial charge in [-0.15, -0.1) is 0 Å². The van der Waals surface area contributed by atoms with Crippen LogP contribution in [-0.4, -0.2) is 23.1 Å². The summed E-state index contributed by atoms with van der Waals surface area (Å²) in [6, 6.07) is 10.6. The van der Waals surface area contributed by atoms with Gasteiger partial charge in [-0.05, 0) is 47.7 Å². The van der Waals surface area contributed by atoms with Crippen LogP contribution in [0, 0.1) is 10.4 Å². The lowest BCUT2D eigenvalue weighted by atomic mass is 10.1. The van der Waals surface area contributed by atoms with Crippen LogP contribution in [0.15, 0.2) is 64.8 Å². The lowest BCUT2D eigenvalue weighted by Crippen LogP contribution is -2.12. The SMILES string of the molecule is NS(=O)(=O)c1ccc(-n2nc(C(F)(F)F)cc2-c2ccc(/[N+]([O-])=N\[O-])cc2)cc1. The molecule has 29 heavy (non-hydrogen) atoms. The van der Waals surface area contributed by atoms with E-state index in [4.69, 9.17) is 5.14 Å². The first-order valence-corrected chi connectivity index (χ1v) is 9.27. The van der Waals surface area contributed by atoms with Crippen molar-refractivity contribution in [3.05, 3.63) is 70.7 Å². The Balaban J connectivity index is 2.13.